The van der Waals surface area contributed by atoms with E-state index < -0.39 is 0 Å². The molecule has 0 aliphatic carbocycles. The minimum atomic E-state index is -0.355. The predicted molar refractivity (Wildman–Crippen MR) is 106 cm³/mol. The molecule has 3 rings (SSSR count). The number of carbonyl (C=O) groups is 3. The van der Waals surface area contributed by atoms with Gasteiger partial charge in [-0.25, -0.2) is 4.79 Å². The highest BCUT2D eigenvalue weighted by atomic mass is 32.2. The summed E-state index contributed by atoms with van der Waals surface area (Å²) >= 11 is 1.65. The van der Waals surface area contributed by atoms with Crippen LogP contribution in [-0.4, -0.2) is 93.9 Å². The Morgan fingerprint density at radius 2 is 1.93 bits per heavy atom. The third-order valence-electron chi connectivity index (χ3n) is 5.81. The van der Waals surface area contributed by atoms with E-state index in [-0.39, 0.29) is 35.8 Å². The van der Waals surface area contributed by atoms with Crippen LogP contribution in [0.25, 0.3) is 0 Å². The number of hydrogen-bond donors (Lipinski definition) is 0. The average molecular weight is 397 g/mol. The predicted octanol–water partition coefficient (Wildman–Crippen LogP) is 1.54. The first-order valence-electron chi connectivity index (χ1n) is 10.1. The molecule has 7 nitrogen and oxygen atoms in total. The maximum absolute atomic E-state index is 13.2. The molecular formula is C19H32N4O3S. The van der Waals surface area contributed by atoms with Gasteiger partial charge in [0.1, 0.15) is 6.04 Å². The molecule has 152 valence electrons. The smallest absolute Gasteiger partial charge is 0.320 e. The van der Waals surface area contributed by atoms with Crippen molar-refractivity contribution in [3.8, 4) is 0 Å². The van der Waals surface area contributed by atoms with Crippen LogP contribution < -0.4 is 0 Å². The van der Waals surface area contributed by atoms with Crippen molar-refractivity contribution in [2.45, 2.75) is 46.2 Å². The van der Waals surface area contributed by atoms with Crippen molar-refractivity contribution in [1.29, 1.82) is 0 Å². The fourth-order valence-corrected chi connectivity index (χ4v) is 5.26. The fraction of sp³-hybridized carbons (Fsp3) is 0.842. The van der Waals surface area contributed by atoms with Gasteiger partial charge in [0.25, 0.3) is 0 Å². The molecule has 3 saturated heterocycles. The van der Waals surface area contributed by atoms with Crippen molar-refractivity contribution < 1.29 is 14.4 Å². The van der Waals surface area contributed by atoms with Gasteiger partial charge in [-0.3, -0.25) is 9.59 Å². The summed E-state index contributed by atoms with van der Waals surface area (Å²) < 4.78 is 0. The van der Waals surface area contributed by atoms with E-state index in [1.165, 1.54) is 0 Å². The molecule has 0 saturated carbocycles. The first-order chi connectivity index (χ1) is 12.8. The molecule has 0 unspecified atom stereocenters. The minimum absolute atomic E-state index is 0.0473. The van der Waals surface area contributed by atoms with E-state index in [0.717, 1.165) is 13.0 Å². The molecular weight excluding hydrogens is 364 g/mol. The number of amides is 4. The highest BCUT2D eigenvalue weighted by molar-refractivity contribution is 7.99. The van der Waals surface area contributed by atoms with Crippen molar-refractivity contribution >= 4 is 29.6 Å². The maximum atomic E-state index is 13.2. The summed E-state index contributed by atoms with van der Waals surface area (Å²) in [6.45, 7) is 11.3. The maximum Gasteiger partial charge on any atom is 0.320 e. The molecule has 3 heterocycles. The van der Waals surface area contributed by atoms with Crippen molar-refractivity contribution in [1.82, 2.24) is 19.6 Å². The Morgan fingerprint density at radius 3 is 2.59 bits per heavy atom. The molecule has 0 N–H and O–H groups in total. The van der Waals surface area contributed by atoms with E-state index in [1.807, 2.05) is 28.5 Å². The number of carbonyl (C=O) groups excluding carboxylic acids is 3. The van der Waals surface area contributed by atoms with Gasteiger partial charge in [-0.1, -0.05) is 27.7 Å². The number of urea groups is 1. The fourth-order valence-electron chi connectivity index (χ4n) is 4.10. The van der Waals surface area contributed by atoms with E-state index in [2.05, 4.69) is 13.8 Å². The van der Waals surface area contributed by atoms with Gasteiger partial charge in [-0.2, -0.15) is 0 Å². The Kier molecular flexibility index (Phi) is 6.23. The van der Waals surface area contributed by atoms with Crippen LogP contribution in [0.1, 0.15) is 34.1 Å². The lowest BCUT2D eigenvalue weighted by atomic mass is 10.1. The Hall–Kier alpha value is -1.44. The molecule has 0 aromatic heterocycles. The van der Waals surface area contributed by atoms with Crippen LogP contribution in [0.3, 0.4) is 0 Å². The summed E-state index contributed by atoms with van der Waals surface area (Å²) in [7, 11) is 0. The van der Waals surface area contributed by atoms with Gasteiger partial charge in [-0.05, 0) is 12.3 Å². The van der Waals surface area contributed by atoms with E-state index in [9.17, 15) is 14.4 Å². The van der Waals surface area contributed by atoms with Crippen LogP contribution in [0, 0.1) is 11.8 Å². The minimum Gasteiger partial charge on any atom is -0.337 e. The number of rotatable bonds is 5. The van der Waals surface area contributed by atoms with Crippen molar-refractivity contribution in [2.24, 2.45) is 11.8 Å². The highest BCUT2D eigenvalue weighted by Gasteiger charge is 2.44. The second-order valence-electron chi connectivity index (χ2n) is 8.35. The molecule has 3 fully saturated rings. The molecule has 0 aromatic carbocycles. The normalized spacial score (nSPS) is 26.8. The zero-order chi connectivity index (χ0) is 19.7. The van der Waals surface area contributed by atoms with E-state index in [4.69, 9.17) is 0 Å². The Balaban J connectivity index is 1.63. The van der Waals surface area contributed by atoms with Crippen LogP contribution in [0.15, 0.2) is 0 Å². The lowest BCUT2D eigenvalue weighted by Crippen LogP contribution is -2.58. The molecule has 4 amide bonds. The monoisotopic (exact) mass is 396 g/mol. The molecule has 0 spiro atoms. The second kappa shape index (κ2) is 8.29. The summed E-state index contributed by atoms with van der Waals surface area (Å²) in [5.41, 5.74) is 0. The average Bonchev–Trinajstić information content (AvgIpc) is 3.24. The largest absolute Gasteiger partial charge is 0.337 e. The van der Waals surface area contributed by atoms with Crippen LogP contribution in [-0.2, 0) is 9.59 Å². The molecule has 0 radical (unpaired) electrons. The number of thioether (sulfide) groups is 1. The third-order valence-corrected chi connectivity index (χ3v) is 6.82. The second-order valence-corrected chi connectivity index (χ2v) is 9.35. The van der Waals surface area contributed by atoms with Gasteiger partial charge in [0.15, 0.2) is 0 Å². The Bertz CT molecular complexity index is 600. The zero-order valence-electron chi connectivity index (χ0n) is 16.9. The van der Waals surface area contributed by atoms with Gasteiger partial charge < -0.3 is 19.6 Å². The lowest BCUT2D eigenvalue weighted by Gasteiger charge is -2.38. The Labute approximate surface area is 166 Å². The van der Waals surface area contributed by atoms with Crippen molar-refractivity contribution in [3.05, 3.63) is 0 Å². The quantitative estimate of drug-likeness (QED) is 0.707. The molecule has 27 heavy (non-hydrogen) atoms. The summed E-state index contributed by atoms with van der Waals surface area (Å²) in [4.78, 5) is 45.8. The zero-order valence-corrected chi connectivity index (χ0v) is 17.7. The summed E-state index contributed by atoms with van der Waals surface area (Å²) in [6.07, 6.45) is 0.787. The molecule has 0 aromatic rings. The summed E-state index contributed by atoms with van der Waals surface area (Å²) in [5, 5.41) is 0. The van der Waals surface area contributed by atoms with Gasteiger partial charge in [0.05, 0.1) is 11.9 Å². The van der Waals surface area contributed by atoms with E-state index in [1.54, 1.807) is 16.7 Å². The van der Waals surface area contributed by atoms with Gasteiger partial charge in [-0.15, -0.1) is 11.8 Å². The van der Waals surface area contributed by atoms with Crippen LogP contribution in [0.5, 0.6) is 0 Å². The molecule has 3 aliphatic heterocycles. The van der Waals surface area contributed by atoms with E-state index in [0.29, 0.717) is 43.7 Å². The standard InChI is InChI=1S/C19H32N4O3S/c1-5-14(4)17(24)23-12-27-11-16(23)18(25)20-6-7-22-15(9-20)10-21(19(22)26)8-13(2)3/h13-16H,5-12H2,1-4H3/t14-,15-,16+/m0/s1. The van der Waals surface area contributed by atoms with Crippen LogP contribution >= 0.6 is 11.8 Å². The first-order valence-corrected chi connectivity index (χ1v) is 11.2. The number of piperazine rings is 1. The van der Waals surface area contributed by atoms with Crippen molar-refractivity contribution in [2.75, 3.05) is 44.4 Å². The molecule has 0 bridgehead atoms. The number of nitrogens with zero attached hydrogens (tertiary/aromatic N) is 4. The number of fused-ring (bicyclic) bond motifs is 1. The van der Waals surface area contributed by atoms with Gasteiger partial charge in [0.2, 0.25) is 11.8 Å². The molecule has 3 atom stereocenters. The Morgan fingerprint density at radius 1 is 1.19 bits per heavy atom. The van der Waals surface area contributed by atoms with Gasteiger partial charge in [0, 0.05) is 44.4 Å². The van der Waals surface area contributed by atoms with Crippen LogP contribution in [0.2, 0.25) is 0 Å². The highest BCUT2D eigenvalue weighted by Crippen LogP contribution is 2.27. The van der Waals surface area contributed by atoms with Gasteiger partial charge >= 0.3 is 6.03 Å². The SMILES string of the molecule is CC[C@H](C)C(=O)N1CSC[C@@H]1C(=O)N1CCN2C(=O)N(CC(C)C)C[C@@H]2C1. The van der Waals surface area contributed by atoms with Crippen LogP contribution in [0.4, 0.5) is 4.79 Å². The third kappa shape index (κ3) is 4.05. The first kappa shape index (κ1) is 20.3. The number of hydrogen-bond acceptors (Lipinski definition) is 4. The summed E-state index contributed by atoms with van der Waals surface area (Å²) in [6, 6.07) is -0.181. The van der Waals surface area contributed by atoms with Crippen molar-refractivity contribution in [3.63, 3.8) is 0 Å². The van der Waals surface area contributed by atoms with E-state index >= 15 is 0 Å². The molecule has 3 aliphatic rings. The molecule has 8 heteroatoms. The topological polar surface area (TPSA) is 64.2 Å². The lowest BCUT2D eigenvalue weighted by molar-refractivity contribution is -0.146. The summed E-state index contributed by atoms with van der Waals surface area (Å²) in [5.74, 6) is 1.79.